The van der Waals surface area contributed by atoms with Gasteiger partial charge in [-0.05, 0) is 60.3 Å². The van der Waals surface area contributed by atoms with Gasteiger partial charge in [-0.15, -0.1) is 0 Å². The zero-order valence-corrected chi connectivity index (χ0v) is 17.9. The molecule has 158 valence electrons. The average Bonchev–Trinajstić information content (AvgIpc) is 3.35. The van der Waals surface area contributed by atoms with Crippen LogP contribution in [0, 0.1) is 11.3 Å². The van der Waals surface area contributed by atoms with Crippen LogP contribution >= 0.6 is 23.4 Å². The molecule has 1 aliphatic heterocycles. The van der Waals surface area contributed by atoms with Crippen molar-refractivity contribution in [2.75, 3.05) is 11.9 Å². The van der Waals surface area contributed by atoms with Crippen LogP contribution in [0.25, 0.3) is 17.4 Å². The molecule has 0 saturated carbocycles. The second-order valence-electron chi connectivity index (χ2n) is 6.68. The van der Waals surface area contributed by atoms with Gasteiger partial charge in [-0.25, -0.2) is 0 Å². The summed E-state index contributed by atoms with van der Waals surface area (Å²) in [7, 11) is 0. The van der Waals surface area contributed by atoms with Gasteiger partial charge >= 0.3 is 0 Å². The number of imide groups is 1. The van der Waals surface area contributed by atoms with Gasteiger partial charge in [0, 0.05) is 22.3 Å². The Balaban J connectivity index is 1.47. The molecular formula is C23H14ClN3O4S. The highest BCUT2D eigenvalue weighted by molar-refractivity contribution is 8.18. The third-order valence-electron chi connectivity index (χ3n) is 4.52. The van der Waals surface area contributed by atoms with Gasteiger partial charge in [-0.1, -0.05) is 23.7 Å². The smallest absolute Gasteiger partial charge is 0.294 e. The van der Waals surface area contributed by atoms with Crippen molar-refractivity contribution in [1.82, 2.24) is 4.90 Å². The SMILES string of the molecule is N#Cc1ccccc1-c1ccc(/C=C2/SC(=O)N(CC(=O)Nc3ccc(Cl)cc3)C2=O)o1. The number of amides is 3. The van der Waals surface area contributed by atoms with Gasteiger partial charge in [0.15, 0.2) is 0 Å². The molecular weight excluding hydrogens is 450 g/mol. The molecule has 4 rings (SSSR count). The molecule has 32 heavy (non-hydrogen) atoms. The summed E-state index contributed by atoms with van der Waals surface area (Å²) in [5.74, 6) is -0.273. The van der Waals surface area contributed by atoms with Gasteiger partial charge in [0.1, 0.15) is 18.1 Å². The minimum Gasteiger partial charge on any atom is -0.457 e. The Kier molecular flexibility index (Phi) is 6.12. The van der Waals surface area contributed by atoms with Crippen molar-refractivity contribution in [1.29, 1.82) is 5.26 Å². The fourth-order valence-electron chi connectivity index (χ4n) is 3.01. The molecule has 3 aromatic rings. The number of hydrogen-bond acceptors (Lipinski definition) is 6. The molecule has 0 atom stereocenters. The van der Waals surface area contributed by atoms with Crippen LogP contribution < -0.4 is 5.32 Å². The first-order chi connectivity index (χ1) is 15.4. The highest BCUT2D eigenvalue weighted by Crippen LogP contribution is 2.33. The number of nitrogens with one attached hydrogen (secondary N) is 1. The van der Waals surface area contributed by atoms with E-state index in [9.17, 15) is 19.6 Å². The van der Waals surface area contributed by atoms with Gasteiger partial charge < -0.3 is 9.73 Å². The average molecular weight is 464 g/mol. The maximum absolute atomic E-state index is 12.7. The normalized spacial score (nSPS) is 14.6. The molecule has 1 fully saturated rings. The number of nitriles is 1. The van der Waals surface area contributed by atoms with E-state index < -0.39 is 23.6 Å². The summed E-state index contributed by atoms with van der Waals surface area (Å²) in [6.45, 7) is -0.413. The molecule has 0 bridgehead atoms. The summed E-state index contributed by atoms with van der Waals surface area (Å²) >= 11 is 6.55. The van der Waals surface area contributed by atoms with E-state index in [1.807, 2.05) is 0 Å². The van der Waals surface area contributed by atoms with Crippen LogP contribution in [0.4, 0.5) is 10.5 Å². The van der Waals surface area contributed by atoms with Gasteiger partial charge in [-0.3, -0.25) is 19.3 Å². The zero-order chi connectivity index (χ0) is 22.7. The lowest BCUT2D eigenvalue weighted by atomic mass is 10.1. The Labute approximate surface area is 192 Å². The number of carbonyl (C=O) groups is 3. The van der Waals surface area contributed by atoms with E-state index in [1.54, 1.807) is 60.7 Å². The summed E-state index contributed by atoms with van der Waals surface area (Å²) in [5, 5.41) is 11.8. The molecule has 7 nitrogen and oxygen atoms in total. The molecule has 0 unspecified atom stereocenters. The maximum Gasteiger partial charge on any atom is 0.294 e. The molecule has 0 aliphatic carbocycles. The fraction of sp³-hybridized carbons (Fsp3) is 0.0435. The molecule has 0 spiro atoms. The second-order valence-corrected chi connectivity index (χ2v) is 8.11. The van der Waals surface area contributed by atoms with Gasteiger partial charge in [0.25, 0.3) is 11.1 Å². The number of anilines is 1. The topological polar surface area (TPSA) is 103 Å². The Morgan fingerprint density at radius 2 is 1.88 bits per heavy atom. The van der Waals surface area contributed by atoms with E-state index in [2.05, 4.69) is 11.4 Å². The molecule has 2 heterocycles. The standard InChI is InChI=1S/C23H14ClN3O4S/c24-15-5-7-16(8-6-15)26-21(28)13-27-22(29)20(32-23(27)30)11-17-9-10-19(31-17)18-4-2-1-3-14(18)12-25/h1-11H,13H2,(H,26,28)/b20-11+. The lowest BCUT2D eigenvalue weighted by molar-refractivity contribution is -0.127. The number of thioether (sulfide) groups is 1. The highest BCUT2D eigenvalue weighted by Gasteiger charge is 2.36. The molecule has 0 radical (unpaired) electrons. The van der Waals surface area contributed by atoms with Gasteiger partial charge in [0.05, 0.1) is 16.5 Å². The summed E-state index contributed by atoms with van der Waals surface area (Å²) in [4.78, 5) is 38.2. The van der Waals surface area contributed by atoms with Crippen molar-refractivity contribution in [3.05, 3.63) is 81.9 Å². The molecule has 3 amide bonds. The van der Waals surface area contributed by atoms with Crippen LogP contribution in [0.2, 0.25) is 5.02 Å². The number of halogens is 1. The summed E-state index contributed by atoms with van der Waals surface area (Å²) in [6, 6.07) is 18.9. The van der Waals surface area contributed by atoms with E-state index in [4.69, 9.17) is 16.0 Å². The summed E-state index contributed by atoms with van der Waals surface area (Å²) < 4.78 is 5.75. The third-order valence-corrected chi connectivity index (χ3v) is 5.68. The first-order valence-corrected chi connectivity index (χ1v) is 10.5. The van der Waals surface area contributed by atoms with Crippen molar-refractivity contribution in [3.8, 4) is 17.4 Å². The Morgan fingerprint density at radius 1 is 1.12 bits per heavy atom. The predicted molar refractivity (Wildman–Crippen MR) is 122 cm³/mol. The highest BCUT2D eigenvalue weighted by atomic mass is 35.5. The summed E-state index contributed by atoms with van der Waals surface area (Å²) in [5.41, 5.74) is 1.59. The lowest BCUT2D eigenvalue weighted by Gasteiger charge is -2.12. The van der Waals surface area contributed by atoms with Crippen LogP contribution in [0.3, 0.4) is 0 Å². The van der Waals surface area contributed by atoms with Crippen LogP contribution in [0.5, 0.6) is 0 Å². The maximum atomic E-state index is 12.7. The summed E-state index contributed by atoms with van der Waals surface area (Å²) in [6.07, 6.45) is 1.44. The number of nitrogens with zero attached hydrogens (tertiary/aromatic N) is 2. The van der Waals surface area contributed by atoms with Crippen molar-refractivity contribution >= 4 is 52.2 Å². The quantitative estimate of drug-likeness (QED) is 0.525. The lowest BCUT2D eigenvalue weighted by Crippen LogP contribution is -2.36. The van der Waals surface area contributed by atoms with E-state index in [0.717, 1.165) is 16.7 Å². The van der Waals surface area contributed by atoms with Crippen LogP contribution in [-0.4, -0.2) is 28.5 Å². The molecule has 1 aliphatic rings. The van der Waals surface area contributed by atoms with Crippen LogP contribution in [0.1, 0.15) is 11.3 Å². The van der Waals surface area contributed by atoms with E-state index in [0.29, 0.717) is 33.4 Å². The van der Waals surface area contributed by atoms with Crippen molar-refractivity contribution in [3.63, 3.8) is 0 Å². The van der Waals surface area contributed by atoms with Crippen LogP contribution in [0.15, 0.2) is 70.0 Å². The number of carbonyl (C=O) groups excluding carboxylic acids is 3. The Morgan fingerprint density at radius 3 is 2.62 bits per heavy atom. The molecule has 1 N–H and O–H groups in total. The largest absolute Gasteiger partial charge is 0.457 e. The van der Waals surface area contributed by atoms with Crippen molar-refractivity contribution in [2.24, 2.45) is 0 Å². The molecule has 2 aromatic carbocycles. The predicted octanol–water partition coefficient (Wildman–Crippen LogP) is 5.15. The fourth-order valence-corrected chi connectivity index (χ4v) is 3.96. The number of hydrogen-bond donors (Lipinski definition) is 1. The zero-order valence-electron chi connectivity index (χ0n) is 16.4. The Bertz CT molecular complexity index is 1290. The minimum atomic E-state index is -0.582. The number of benzene rings is 2. The molecule has 1 saturated heterocycles. The van der Waals surface area contributed by atoms with Crippen LogP contribution in [-0.2, 0) is 9.59 Å². The number of furan rings is 1. The molecule has 9 heteroatoms. The third kappa shape index (κ3) is 4.59. The van der Waals surface area contributed by atoms with E-state index in [1.165, 1.54) is 6.08 Å². The monoisotopic (exact) mass is 463 g/mol. The van der Waals surface area contributed by atoms with E-state index >= 15 is 0 Å². The van der Waals surface area contributed by atoms with Gasteiger partial charge in [0.2, 0.25) is 5.91 Å². The first-order valence-electron chi connectivity index (χ1n) is 9.35. The second kappa shape index (κ2) is 9.14. The van der Waals surface area contributed by atoms with Gasteiger partial charge in [-0.2, -0.15) is 5.26 Å². The first kappa shape index (κ1) is 21.4. The van der Waals surface area contributed by atoms with Crippen molar-refractivity contribution in [2.45, 2.75) is 0 Å². The number of rotatable bonds is 5. The van der Waals surface area contributed by atoms with Crippen molar-refractivity contribution < 1.29 is 18.8 Å². The minimum absolute atomic E-state index is 0.142. The molecule has 1 aromatic heterocycles. The Hall–Kier alpha value is -3.80. The van der Waals surface area contributed by atoms with E-state index in [-0.39, 0.29) is 4.91 Å².